The van der Waals surface area contributed by atoms with Gasteiger partial charge in [0, 0.05) is 34.2 Å². The molecule has 0 amide bonds. The summed E-state index contributed by atoms with van der Waals surface area (Å²) in [6, 6.07) is 11.1. The fourth-order valence-corrected chi connectivity index (χ4v) is 3.44. The molecule has 1 aliphatic heterocycles. The van der Waals surface area contributed by atoms with Gasteiger partial charge in [0.25, 0.3) is 0 Å². The largest absolute Gasteiger partial charge is 0.454 e. The van der Waals surface area contributed by atoms with Crippen molar-refractivity contribution in [1.82, 2.24) is 4.57 Å². The first-order valence-corrected chi connectivity index (χ1v) is 7.62. The molecule has 0 saturated heterocycles. The highest BCUT2D eigenvalue weighted by Gasteiger charge is 2.20. The minimum absolute atomic E-state index is 0.0259. The van der Waals surface area contributed by atoms with Gasteiger partial charge in [-0.2, -0.15) is 0 Å². The Kier molecular flexibility index (Phi) is 2.97. The zero-order valence-corrected chi connectivity index (χ0v) is 13.4. The predicted octanol–water partition coefficient (Wildman–Crippen LogP) is 3.90. The van der Waals surface area contributed by atoms with E-state index in [-0.39, 0.29) is 12.6 Å². The molecule has 0 spiro atoms. The van der Waals surface area contributed by atoms with E-state index in [1.165, 1.54) is 0 Å². The van der Waals surface area contributed by atoms with Gasteiger partial charge in [-0.05, 0) is 40.2 Å². The third-order valence-corrected chi connectivity index (χ3v) is 4.47. The molecule has 2 aromatic carbocycles. The maximum absolute atomic E-state index is 12.9. The SMILES string of the molecule is Cn1cc(C(=O)c2ccc3c(c2)OCO3)c2cccc(Br)c21. The first-order chi connectivity index (χ1) is 10.6. The summed E-state index contributed by atoms with van der Waals surface area (Å²) in [7, 11) is 1.93. The molecule has 0 N–H and O–H groups in total. The van der Waals surface area contributed by atoms with E-state index in [2.05, 4.69) is 15.9 Å². The Morgan fingerprint density at radius 1 is 1.18 bits per heavy atom. The number of benzene rings is 2. The smallest absolute Gasteiger partial charge is 0.231 e. The lowest BCUT2D eigenvalue weighted by Gasteiger charge is -2.02. The van der Waals surface area contributed by atoms with Crippen LogP contribution in [0.4, 0.5) is 0 Å². The summed E-state index contributed by atoms with van der Waals surface area (Å²) >= 11 is 3.54. The lowest BCUT2D eigenvalue weighted by Crippen LogP contribution is -2.00. The van der Waals surface area contributed by atoms with Crippen LogP contribution in [0.1, 0.15) is 15.9 Å². The first kappa shape index (κ1) is 13.4. The topological polar surface area (TPSA) is 40.5 Å². The molecular weight excluding hydrogens is 346 g/mol. The predicted molar refractivity (Wildman–Crippen MR) is 86.6 cm³/mol. The van der Waals surface area contributed by atoms with Crippen molar-refractivity contribution >= 4 is 32.6 Å². The summed E-state index contributed by atoms with van der Waals surface area (Å²) in [6.07, 6.45) is 1.86. The second-order valence-electron chi connectivity index (χ2n) is 5.19. The maximum Gasteiger partial charge on any atom is 0.231 e. The van der Waals surface area contributed by atoms with Crippen LogP contribution in [0.25, 0.3) is 10.9 Å². The van der Waals surface area contributed by atoms with Crippen LogP contribution in [0, 0.1) is 0 Å². The number of aromatic nitrogens is 1. The molecule has 3 aromatic rings. The standard InChI is InChI=1S/C17H12BrNO3/c1-19-8-12(11-3-2-4-13(18)16(11)19)17(20)10-5-6-14-15(7-10)22-9-21-14/h2-8H,9H2,1H3. The summed E-state index contributed by atoms with van der Waals surface area (Å²) < 4.78 is 13.6. The second-order valence-corrected chi connectivity index (χ2v) is 6.04. The van der Waals surface area contributed by atoms with Gasteiger partial charge in [0.1, 0.15) is 0 Å². The van der Waals surface area contributed by atoms with E-state index in [0.29, 0.717) is 22.6 Å². The van der Waals surface area contributed by atoms with Gasteiger partial charge in [-0.25, -0.2) is 0 Å². The second kappa shape index (κ2) is 4.88. The summed E-state index contributed by atoms with van der Waals surface area (Å²) in [5.74, 6) is 1.27. The fourth-order valence-electron chi connectivity index (χ4n) is 2.79. The van der Waals surface area contributed by atoms with Crippen LogP contribution < -0.4 is 9.47 Å². The molecule has 22 heavy (non-hydrogen) atoms. The minimum Gasteiger partial charge on any atom is -0.454 e. The Balaban J connectivity index is 1.85. The molecule has 0 aliphatic carbocycles. The van der Waals surface area contributed by atoms with E-state index < -0.39 is 0 Å². The Labute approximate surface area is 135 Å². The highest BCUT2D eigenvalue weighted by atomic mass is 79.9. The molecule has 2 heterocycles. The lowest BCUT2D eigenvalue weighted by atomic mass is 10.0. The quantitative estimate of drug-likeness (QED) is 0.653. The Hall–Kier alpha value is -2.27. The van der Waals surface area contributed by atoms with Gasteiger partial charge < -0.3 is 14.0 Å². The third-order valence-electron chi connectivity index (χ3n) is 3.83. The monoisotopic (exact) mass is 357 g/mol. The van der Waals surface area contributed by atoms with E-state index in [1.54, 1.807) is 18.2 Å². The first-order valence-electron chi connectivity index (χ1n) is 6.83. The van der Waals surface area contributed by atoms with Crippen LogP contribution in [0.5, 0.6) is 11.5 Å². The van der Waals surface area contributed by atoms with E-state index in [4.69, 9.17) is 9.47 Å². The number of hydrogen-bond acceptors (Lipinski definition) is 3. The summed E-state index contributed by atoms with van der Waals surface area (Å²) in [4.78, 5) is 12.9. The molecule has 0 radical (unpaired) electrons. The van der Waals surface area contributed by atoms with Gasteiger partial charge in [0.15, 0.2) is 17.3 Å². The molecule has 1 aromatic heterocycles. The van der Waals surface area contributed by atoms with Crippen molar-refractivity contribution in [1.29, 1.82) is 0 Å². The van der Waals surface area contributed by atoms with Crippen molar-refractivity contribution in [2.75, 3.05) is 6.79 Å². The van der Waals surface area contributed by atoms with Gasteiger partial charge in [-0.15, -0.1) is 0 Å². The maximum atomic E-state index is 12.9. The third kappa shape index (κ3) is 1.93. The fraction of sp³-hybridized carbons (Fsp3) is 0.118. The number of ether oxygens (including phenoxy) is 2. The lowest BCUT2D eigenvalue weighted by molar-refractivity contribution is 0.103. The van der Waals surface area contributed by atoms with Crippen molar-refractivity contribution in [3.05, 3.63) is 58.2 Å². The van der Waals surface area contributed by atoms with Crippen molar-refractivity contribution < 1.29 is 14.3 Å². The normalized spacial score (nSPS) is 12.8. The molecule has 1 aliphatic rings. The number of aryl methyl sites for hydroxylation is 1. The van der Waals surface area contributed by atoms with Gasteiger partial charge in [0.05, 0.1) is 5.52 Å². The molecule has 0 bridgehead atoms. The van der Waals surface area contributed by atoms with Gasteiger partial charge in [-0.3, -0.25) is 4.79 Å². The van der Waals surface area contributed by atoms with Crippen LogP contribution in [0.15, 0.2) is 47.1 Å². The number of ketones is 1. The molecular formula is C17H12BrNO3. The van der Waals surface area contributed by atoms with Crippen molar-refractivity contribution in [3.63, 3.8) is 0 Å². The number of nitrogens with zero attached hydrogens (tertiary/aromatic N) is 1. The summed E-state index contributed by atoms with van der Waals surface area (Å²) in [6.45, 7) is 0.203. The van der Waals surface area contributed by atoms with Crippen molar-refractivity contribution in [2.24, 2.45) is 7.05 Å². The zero-order chi connectivity index (χ0) is 15.3. The highest BCUT2D eigenvalue weighted by molar-refractivity contribution is 9.10. The average Bonchev–Trinajstić information content (AvgIpc) is 3.11. The zero-order valence-electron chi connectivity index (χ0n) is 11.8. The number of carbonyl (C=O) groups excluding carboxylic acids is 1. The number of para-hydroxylation sites is 1. The van der Waals surface area contributed by atoms with Gasteiger partial charge >= 0.3 is 0 Å². The molecule has 5 heteroatoms. The van der Waals surface area contributed by atoms with Gasteiger partial charge in [-0.1, -0.05) is 12.1 Å². The Bertz CT molecular complexity index is 914. The summed E-state index contributed by atoms with van der Waals surface area (Å²) in [5.41, 5.74) is 2.28. The highest BCUT2D eigenvalue weighted by Crippen LogP contribution is 2.34. The minimum atomic E-state index is -0.0259. The molecule has 0 atom stereocenters. The molecule has 110 valence electrons. The van der Waals surface area contributed by atoms with E-state index in [9.17, 15) is 4.79 Å². The Morgan fingerprint density at radius 2 is 2.00 bits per heavy atom. The molecule has 0 saturated carbocycles. The number of hydrogen-bond donors (Lipinski definition) is 0. The molecule has 4 rings (SSSR count). The molecule has 0 fully saturated rings. The van der Waals surface area contributed by atoms with Crippen LogP contribution in [-0.2, 0) is 7.05 Å². The number of fused-ring (bicyclic) bond motifs is 2. The van der Waals surface area contributed by atoms with E-state index in [0.717, 1.165) is 15.4 Å². The van der Waals surface area contributed by atoms with E-state index in [1.807, 2.05) is 36.0 Å². The van der Waals surface area contributed by atoms with Crippen LogP contribution in [0.3, 0.4) is 0 Å². The average molecular weight is 358 g/mol. The van der Waals surface area contributed by atoms with Gasteiger partial charge in [0.2, 0.25) is 6.79 Å². The molecule has 4 nitrogen and oxygen atoms in total. The van der Waals surface area contributed by atoms with Crippen LogP contribution in [0.2, 0.25) is 0 Å². The molecule has 0 unspecified atom stereocenters. The van der Waals surface area contributed by atoms with Crippen LogP contribution >= 0.6 is 15.9 Å². The number of halogens is 1. The van der Waals surface area contributed by atoms with Crippen molar-refractivity contribution in [3.8, 4) is 11.5 Å². The number of carbonyl (C=O) groups is 1. The Morgan fingerprint density at radius 3 is 2.86 bits per heavy atom. The van der Waals surface area contributed by atoms with Crippen LogP contribution in [-0.4, -0.2) is 17.1 Å². The summed E-state index contributed by atoms with van der Waals surface area (Å²) in [5, 5.41) is 0.930. The van der Waals surface area contributed by atoms with E-state index >= 15 is 0 Å². The number of rotatable bonds is 2. The van der Waals surface area contributed by atoms with Crippen molar-refractivity contribution in [2.45, 2.75) is 0 Å².